The minimum Gasteiger partial charge on any atom is -0.497 e. The molecule has 0 bridgehead atoms. The molecular weight excluding hydrogens is 370 g/mol. The zero-order valence-electron chi connectivity index (χ0n) is 15.9. The molecule has 0 radical (unpaired) electrons. The number of hydrogen-bond acceptors (Lipinski definition) is 4. The van der Waals surface area contributed by atoms with Gasteiger partial charge in [-0.15, -0.1) is 0 Å². The standard InChI is InChI=1S/C21H21N5O3/c1-29-16-9-5-8-15(10-16)20(27)23-19-17-12-26(13-18(17)24-25-19)21(28)22-11-14-6-3-2-4-7-14/h2-10H,11-13H2,1H3,(H,22,28)(H2,23,24,25,27). The Morgan fingerprint density at radius 3 is 2.76 bits per heavy atom. The third kappa shape index (κ3) is 4.06. The van der Waals surface area contributed by atoms with E-state index in [0.29, 0.717) is 36.8 Å². The number of benzene rings is 2. The molecule has 3 aromatic rings. The number of carbonyl (C=O) groups excluding carboxylic acids is 2. The van der Waals surface area contributed by atoms with Gasteiger partial charge in [0.25, 0.3) is 5.91 Å². The van der Waals surface area contributed by atoms with Crippen LogP contribution in [0.1, 0.15) is 27.2 Å². The first kappa shape index (κ1) is 18.5. The van der Waals surface area contributed by atoms with E-state index in [1.807, 2.05) is 30.3 Å². The van der Waals surface area contributed by atoms with Crippen molar-refractivity contribution in [2.24, 2.45) is 0 Å². The van der Waals surface area contributed by atoms with Gasteiger partial charge in [0, 0.05) is 17.7 Å². The monoisotopic (exact) mass is 391 g/mol. The van der Waals surface area contributed by atoms with Crippen LogP contribution in [0.4, 0.5) is 10.6 Å². The maximum absolute atomic E-state index is 12.5. The fourth-order valence-corrected chi connectivity index (χ4v) is 3.22. The highest BCUT2D eigenvalue weighted by Crippen LogP contribution is 2.27. The molecule has 0 saturated heterocycles. The Kier molecular flexibility index (Phi) is 5.15. The lowest BCUT2D eigenvalue weighted by atomic mass is 10.2. The van der Waals surface area contributed by atoms with Gasteiger partial charge in [0.05, 0.1) is 25.9 Å². The van der Waals surface area contributed by atoms with E-state index in [0.717, 1.165) is 16.8 Å². The van der Waals surface area contributed by atoms with Crippen LogP contribution < -0.4 is 15.4 Å². The van der Waals surface area contributed by atoms with Crippen molar-refractivity contribution >= 4 is 17.8 Å². The number of nitrogens with zero attached hydrogens (tertiary/aromatic N) is 2. The van der Waals surface area contributed by atoms with Gasteiger partial charge >= 0.3 is 6.03 Å². The van der Waals surface area contributed by atoms with Gasteiger partial charge < -0.3 is 20.3 Å². The summed E-state index contributed by atoms with van der Waals surface area (Å²) in [5, 5.41) is 12.8. The molecule has 8 nitrogen and oxygen atoms in total. The van der Waals surface area contributed by atoms with Gasteiger partial charge in [-0.1, -0.05) is 36.4 Å². The lowest BCUT2D eigenvalue weighted by Crippen LogP contribution is -2.36. The van der Waals surface area contributed by atoms with Crippen LogP contribution in [0.25, 0.3) is 0 Å². The molecule has 8 heteroatoms. The number of aromatic amines is 1. The highest BCUT2D eigenvalue weighted by atomic mass is 16.5. The van der Waals surface area contributed by atoms with Gasteiger partial charge in [-0.25, -0.2) is 4.79 Å². The number of anilines is 1. The summed E-state index contributed by atoms with van der Waals surface area (Å²) >= 11 is 0. The molecule has 148 valence electrons. The molecule has 2 heterocycles. The average molecular weight is 391 g/mol. The smallest absolute Gasteiger partial charge is 0.318 e. The Labute approximate surface area is 167 Å². The highest BCUT2D eigenvalue weighted by molar-refractivity contribution is 6.04. The minimum absolute atomic E-state index is 0.163. The first-order valence-corrected chi connectivity index (χ1v) is 9.22. The van der Waals surface area contributed by atoms with Crippen molar-refractivity contribution in [1.82, 2.24) is 20.4 Å². The summed E-state index contributed by atoms with van der Waals surface area (Å²) in [5.74, 6) is 0.752. The number of urea groups is 1. The highest BCUT2D eigenvalue weighted by Gasteiger charge is 2.28. The maximum atomic E-state index is 12.5. The Hall–Kier alpha value is -3.81. The normalized spacial score (nSPS) is 12.4. The topological polar surface area (TPSA) is 99.3 Å². The van der Waals surface area contributed by atoms with E-state index >= 15 is 0 Å². The SMILES string of the molecule is COc1cccc(C(=O)Nc2n[nH]c3c2CN(C(=O)NCc2ccccc2)C3)c1. The van der Waals surface area contributed by atoms with Gasteiger partial charge in [0.2, 0.25) is 0 Å². The molecule has 0 aliphatic carbocycles. The second-order valence-electron chi connectivity index (χ2n) is 6.72. The van der Waals surface area contributed by atoms with Crippen molar-refractivity contribution in [2.75, 3.05) is 12.4 Å². The zero-order chi connectivity index (χ0) is 20.2. The van der Waals surface area contributed by atoms with Crippen LogP contribution in [0, 0.1) is 0 Å². The molecule has 0 atom stereocenters. The predicted molar refractivity (Wildman–Crippen MR) is 107 cm³/mol. The van der Waals surface area contributed by atoms with Gasteiger partial charge in [-0.3, -0.25) is 9.89 Å². The van der Waals surface area contributed by atoms with Gasteiger partial charge in [0.15, 0.2) is 5.82 Å². The van der Waals surface area contributed by atoms with Crippen LogP contribution in [0.5, 0.6) is 5.75 Å². The van der Waals surface area contributed by atoms with Crippen molar-refractivity contribution in [2.45, 2.75) is 19.6 Å². The van der Waals surface area contributed by atoms with Crippen LogP contribution in [0.3, 0.4) is 0 Å². The van der Waals surface area contributed by atoms with Crippen molar-refractivity contribution in [1.29, 1.82) is 0 Å². The van der Waals surface area contributed by atoms with E-state index in [-0.39, 0.29) is 11.9 Å². The molecule has 1 aliphatic rings. The van der Waals surface area contributed by atoms with Crippen LogP contribution in [-0.2, 0) is 19.6 Å². The molecule has 29 heavy (non-hydrogen) atoms. The molecule has 3 N–H and O–H groups in total. The summed E-state index contributed by atoms with van der Waals surface area (Å²) in [6.45, 7) is 1.25. The summed E-state index contributed by atoms with van der Waals surface area (Å²) in [7, 11) is 1.55. The number of H-pyrrole nitrogens is 1. The van der Waals surface area contributed by atoms with Crippen LogP contribution in [0.15, 0.2) is 54.6 Å². The van der Waals surface area contributed by atoms with Crippen molar-refractivity contribution < 1.29 is 14.3 Å². The summed E-state index contributed by atoms with van der Waals surface area (Å²) < 4.78 is 5.16. The van der Waals surface area contributed by atoms with Crippen LogP contribution >= 0.6 is 0 Å². The third-order valence-electron chi connectivity index (χ3n) is 4.79. The van der Waals surface area contributed by atoms with E-state index in [9.17, 15) is 9.59 Å². The van der Waals surface area contributed by atoms with E-state index in [2.05, 4.69) is 20.8 Å². The van der Waals surface area contributed by atoms with Crippen molar-refractivity contribution in [3.05, 3.63) is 77.0 Å². The summed E-state index contributed by atoms with van der Waals surface area (Å²) in [6.07, 6.45) is 0. The molecular formula is C21H21N5O3. The Balaban J connectivity index is 1.38. The van der Waals surface area contributed by atoms with Gasteiger partial charge in [-0.05, 0) is 23.8 Å². The second-order valence-corrected chi connectivity index (χ2v) is 6.72. The average Bonchev–Trinajstić information content (AvgIpc) is 3.35. The van der Waals surface area contributed by atoms with Crippen LogP contribution in [-0.4, -0.2) is 34.1 Å². The second kappa shape index (κ2) is 8.05. The number of carbonyl (C=O) groups is 2. The fraction of sp³-hybridized carbons (Fsp3) is 0.190. The predicted octanol–water partition coefficient (Wildman–Crippen LogP) is 2.90. The summed E-state index contributed by atoms with van der Waals surface area (Å²) in [5.41, 5.74) is 3.14. The lowest BCUT2D eigenvalue weighted by molar-refractivity contribution is 0.102. The minimum atomic E-state index is -0.287. The zero-order valence-corrected chi connectivity index (χ0v) is 15.9. The maximum Gasteiger partial charge on any atom is 0.318 e. The van der Waals surface area contributed by atoms with Gasteiger partial charge in [0.1, 0.15) is 5.75 Å². The number of ether oxygens (including phenoxy) is 1. The number of methoxy groups -OCH3 is 1. The van der Waals surface area contributed by atoms with Crippen molar-refractivity contribution in [3.8, 4) is 5.75 Å². The van der Waals surface area contributed by atoms with E-state index in [4.69, 9.17) is 4.74 Å². The molecule has 3 amide bonds. The molecule has 0 unspecified atom stereocenters. The number of aromatic nitrogens is 2. The first-order chi connectivity index (χ1) is 14.1. The van der Waals surface area contributed by atoms with Crippen molar-refractivity contribution in [3.63, 3.8) is 0 Å². The molecule has 1 aromatic heterocycles. The number of rotatable bonds is 5. The molecule has 0 spiro atoms. The van der Waals surface area contributed by atoms with Gasteiger partial charge in [-0.2, -0.15) is 5.10 Å². The Morgan fingerprint density at radius 1 is 1.14 bits per heavy atom. The summed E-state index contributed by atoms with van der Waals surface area (Å²) in [6, 6.07) is 16.5. The summed E-state index contributed by atoms with van der Waals surface area (Å²) in [4.78, 5) is 26.7. The molecule has 0 saturated carbocycles. The molecule has 2 aromatic carbocycles. The van der Waals surface area contributed by atoms with E-state index in [1.165, 1.54) is 0 Å². The third-order valence-corrected chi connectivity index (χ3v) is 4.79. The number of fused-ring (bicyclic) bond motifs is 1. The molecule has 1 aliphatic heterocycles. The van der Waals surface area contributed by atoms with E-state index in [1.54, 1.807) is 36.3 Å². The number of hydrogen-bond donors (Lipinski definition) is 3. The number of nitrogens with one attached hydrogen (secondary N) is 3. The molecule has 0 fully saturated rings. The molecule has 4 rings (SSSR count). The Morgan fingerprint density at radius 2 is 1.97 bits per heavy atom. The van der Waals surface area contributed by atoms with E-state index < -0.39 is 0 Å². The quantitative estimate of drug-likeness (QED) is 0.623. The fourth-order valence-electron chi connectivity index (χ4n) is 3.22. The number of amides is 3. The van der Waals surface area contributed by atoms with Crippen LogP contribution in [0.2, 0.25) is 0 Å². The lowest BCUT2D eigenvalue weighted by Gasteiger charge is -2.17. The Bertz CT molecular complexity index is 1030. The largest absolute Gasteiger partial charge is 0.497 e. The first-order valence-electron chi connectivity index (χ1n) is 9.22.